The summed E-state index contributed by atoms with van der Waals surface area (Å²) >= 11 is 0. The molecule has 0 aliphatic rings. The molecule has 0 atom stereocenters. The van der Waals surface area contributed by atoms with Crippen molar-refractivity contribution < 1.29 is 4.42 Å². The van der Waals surface area contributed by atoms with Crippen molar-refractivity contribution in [3.8, 4) is 11.1 Å². The van der Waals surface area contributed by atoms with Crippen LogP contribution in [0.15, 0.2) is 89.3 Å². The van der Waals surface area contributed by atoms with Crippen LogP contribution >= 0.6 is 0 Å². The van der Waals surface area contributed by atoms with E-state index in [0.717, 1.165) is 22.1 Å². The average molecular weight is 333 g/mol. The van der Waals surface area contributed by atoms with Crippen LogP contribution in [0.4, 0.5) is 0 Å². The van der Waals surface area contributed by atoms with Gasteiger partial charge < -0.3 is 9.40 Å². The van der Waals surface area contributed by atoms with Crippen LogP contribution in [0.3, 0.4) is 0 Å². The first-order valence-electron chi connectivity index (χ1n) is 8.79. The van der Waals surface area contributed by atoms with Crippen molar-refractivity contribution in [1.82, 2.24) is 4.98 Å². The molecule has 1 N–H and O–H groups in total. The summed E-state index contributed by atoms with van der Waals surface area (Å²) in [7, 11) is 0. The number of para-hydroxylation sites is 2. The molecule has 0 aliphatic heterocycles. The van der Waals surface area contributed by atoms with Crippen LogP contribution in [-0.4, -0.2) is 4.98 Å². The number of nitrogens with one attached hydrogen (secondary N) is 1. The van der Waals surface area contributed by atoms with Gasteiger partial charge in [0.25, 0.3) is 0 Å². The Morgan fingerprint density at radius 3 is 2.31 bits per heavy atom. The second-order valence-electron chi connectivity index (χ2n) is 6.71. The Bertz CT molecular complexity index is 1430. The SMILES string of the molecule is c1ccc2c(c1)[nH]c1cccc(-c3ccc4c(c3)oc3ccccc34)c12. The quantitative estimate of drug-likeness (QED) is 0.349. The van der Waals surface area contributed by atoms with E-state index in [2.05, 4.69) is 77.8 Å². The first kappa shape index (κ1) is 13.7. The highest BCUT2D eigenvalue weighted by atomic mass is 16.3. The Labute approximate surface area is 149 Å². The Hall–Kier alpha value is -3.52. The molecule has 6 rings (SSSR count). The standard InChI is InChI=1S/C24H15NO/c1-3-9-20-19(7-1)24-16(8-5-10-21(24)25-20)15-12-13-18-17-6-2-4-11-22(17)26-23(18)14-15/h1-14,25H. The third kappa shape index (κ3) is 1.81. The molecular weight excluding hydrogens is 318 g/mol. The normalized spacial score (nSPS) is 11.8. The number of benzene rings is 4. The van der Waals surface area contributed by atoms with Crippen LogP contribution in [0.5, 0.6) is 0 Å². The minimum atomic E-state index is 0.931. The molecule has 0 aliphatic carbocycles. The van der Waals surface area contributed by atoms with Crippen LogP contribution in [0, 0.1) is 0 Å². The molecule has 0 spiro atoms. The average Bonchev–Trinajstić information content (AvgIpc) is 3.25. The van der Waals surface area contributed by atoms with Gasteiger partial charge in [-0.15, -0.1) is 0 Å². The zero-order valence-electron chi connectivity index (χ0n) is 14.0. The molecule has 0 unspecified atom stereocenters. The maximum Gasteiger partial charge on any atom is 0.136 e. The van der Waals surface area contributed by atoms with E-state index in [9.17, 15) is 0 Å². The molecule has 0 radical (unpaired) electrons. The van der Waals surface area contributed by atoms with Gasteiger partial charge in [0.1, 0.15) is 11.2 Å². The monoisotopic (exact) mass is 333 g/mol. The van der Waals surface area contributed by atoms with E-state index in [1.54, 1.807) is 0 Å². The van der Waals surface area contributed by atoms with E-state index >= 15 is 0 Å². The van der Waals surface area contributed by atoms with Gasteiger partial charge in [0.2, 0.25) is 0 Å². The number of hydrogen-bond donors (Lipinski definition) is 1. The fourth-order valence-electron chi connectivity index (χ4n) is 4.04. The molecule has 26 heavy (non-hydrogen) atoms. The number of furan rings is 1. The molecule has 2 heterocycles. The molecule has 6 aromatic rings. The van der Waals surface area contributed by atoms with Gasteiger partial charge in [-0.1, -0.05) is 54.6 Å². The number of aromatic amines is 1. The maximum atomic E-state index is 6.09. The highest BCUT2D eigenvalue weighted by Crippen LogP contribution is 2.37. The summed E-state index contributed by atoms with van der Waals surface area (Å²) in [6, 6.07) is 29.6. The lowest BCUT2D eigenvalue weighted by Gasteiger charge is -2.05. The first-order valence-corrected chi connectivity index (χ1v) is 8.79. The molecule has 2 heteroatoms. The van der Waals surface area contributed by atoms with Gasteiger partial charge in [-0.25, -0.2) is 0 Å². The lowest BCUT2D eigenvalue weighted by Crippen LogP contribution is -1.80. The van der Waals surface area contributed by atoms with Gasteiger partial charge in [-0.3, -0.25) is 0 Å². The van der Waals surface area contributed by atoms with Crippen molar-refractivity contribution >= 4 is 43.7 Å². The third-order valence-corrected chi connectivity index (χ3v) is 5.22. The maximum absolute atomic E-state index is 6.09. The Kier molecular flexibility index (Phi) is 2.64. The molecule has 0 amide bonds. The molecule has 4 aromatic carbocycles. The number of fused-ring (bicyclic) bond motifs is 6. The molecular formula is C24H15NO. The molecule has 0 bridgehead atoms. The van der Waals surface area contributed by atoms with Gasteiger partial charge in [-0.2, -0.15) is 0 Å². The summed E-state index contributed by atoms with van der Waals surface area (Å²) in [6.45, 7) is 0. The summed E-state index contributed by atoms with van der Waals surface area (Å²) in [5, 5.41) is 4.84. The van der Waals surface area contributed by atoms with E-state index < -0.39 is 0 Å². The van der Waals surface area contributed by atoms with Crippen LogP contribution in [-0.2, 0) is 0 Å². The van der Waals surface area contributed by atoms with Crippen LogP contribution < -0.4 is 0 Å². The van der Waals surface area contributed by atoms with Gasteiger partial charge in [0, 0.05) is 32.6 Å². The van der Waals surface area contributed by atoms with Crippen molar-refractivity contribution in [3.05, 3.63) is 84.9 Å². The largest absolute Gasteiger partial charge is 0.456 e. The van der Waals surface area contributed by atoms with Crippen LogP contribution in [0.25, 0.3) is 54.9 Å². The zero-order valence-corrected chi connectivity index (χ0v) is 14.0. The molecule has 2 aromatic heterocycles. The van der Waals surface area contributed by atoms with Crippen molar-refractivity contribution in [2.24, 2.45) is 0 Å². The summed E-state index contributed by atoms with van der Waals surface area (Å²) in [6.07, 6.45) is 0. The van der Waals surface area contributed by atoms with Crippen molar-refractivity contribution in [3.63, 3.8) is 0 Å². The number of rotatable bonds is 1. The van der Waals surface area contributed by atoms with Gasteiger partial charge in [0.05, 0.1) is 0 Å². The topological polar surface area (TPSA) is 28.9 Å². The highest BCUT2D eigenvalue weighted by molar-refractivity contribution is 6.15. The van der Waals surface area contributed by atoms with Gasteiger partial charge in [-0.05, 0) is 41.5 Å². The van der Waals surface area contributed by atoms with Crippen molar-refractivity contribution in [1.29, 1.82) is 0 Å². The molecule has 0 fully saturated rings. The predicted molar refractivity (Wildman–Crippen MR) is 109 cm³/mol. The van der Waals surface area contributed by atoms with Crippen LogP contribution in [0.2, 0.25) is 0 Å². The highest BCUT2D eigenvalue weighted by Gasteiger charge is 2.12. The number of H-pyrrole nitrogens is 1. The lowest BCUT2D eigenvalue weighted by molar-refractivity contribution is 0.669. The smallest absolute Gasteiger partial charge is 0.136 e. The molecule has 0 saturated carbocycles. The van der Waals surface area contributed by atoms with E-state index in [4.69, 9.17) is 4.42 Å². The Morgan fingerprint density at radius 1 is 0.577 bits per heavy atom. The van der Waals surface area contributed by atoms with Gasteiger partial charge >= 0.3 is 0 Å². The van der Waals surface area contributed by atoms with Crippen molar-refractivity contribution in [2.75, 3.05) is 0 Å². The Balaban J connectivity index is 1.68. The van der Waals surface area contributed by atoms with Gasteiger partial charge in [0.15, 0.2) is 0 Å². The second kappa shape index (κ2) is 4.99. The zero-order chi connectivity index (χ0) is 17.1. The third-order valence-electron chi connectivity index (χ3n) is 5.22. The van der Waals surface area contributed by atoms with E-state index in [-0.39, 0.29) is 0 Å². The second-order valence-corrected chi connectivity index (χ2v) is 6.71. The number of hydrogen-bond acceptors (Lipinski definition) is 1. The summed E-state index contributed by atoms with van der Waals surface area (Å²) in [5.74, 6) is 0. The fraction of sp³-hybridized carbons (Fsp3) is 0. The lowest BCUT2D eigenvalue weighted by atomic mass is 9.98. The van der Waals surface area contributed by atoms with Crippen molar-refractivity contribution in [2.45, 2.75) is 0 Å². The molecule has 0 saturated heterocycles. The van der Waals surface area contributed by atoms with Crippen LogP contribution in [0.1, 0.15) is 0 Å². The summed E-state index contributed by atoms with van der Waals surface area (Å²) in [4.78, 5) is 3.52. The molecule has 122 valence electrons. The van der Waals surface area contributed by atoms with E-state index in [1.807, 2.05) is 12.1 Å². The minimum absolute atomic E-state index is 0.931. The van der Waals surface area contributed by atoms with E-state index in [1.165, 1.54) is 32.8 Å². The minimum Gasteiger partial charge on any atom is -0.456 e. The first-order chi connectivity index (χ1) is 12.9. The fourth-order valence-corrected chi connectivity index (χ4v) is 4.04. The summed E-state index contributed by atoms with van der Waals surface area (Å²) in [5.41, 5.74) is 6.59. The summed E-state index contributed by atoms with van der Waals surface area (Å²) < 4.78 is 6.09. The predicted octanol–water partition coefficient (Wildman–Crippen LogP) is 6.89. The Morgan fingerprint density at radius 2 is 1.35 bits per heavy atom. The molecule has 2 nitrogen and oxygen atoms in total. The van der Waals surface area contributed by atoms with E-state index in [0.29, 0.717) is 0 Å². The number of aromatic nitrogens is 1.